The van der Waals surface area contributed by atoms with Crippen molar-refractivity contribution in [3.05, 3.63) is 71.0 Å². The maximum Gasteiger partial charge on any atom is 0.271 e. The molecule has 0 aliphatic heterocycles. The Hall–Kier alpha value is -4.07. The maximum atomic E-state index is 11.6. The van der Waals surface area contributed by atoms with Gasteiger partial charge in [0.05, 0.1) is 16.4 Å². The minimum absolute atomic E-state index is 0.160. The Balaban J connectivity index is 1.42. The van der Waals surface area contributed by atoms with Gasteiger partial charge in [-0.15, -0.1) is 0 Å². The van der Waals surface area contributed by atoms with Gasteiger partial charge in [0, 0.05) is 17.5 Å². The molecule has 0 aliphatic rings. The van der Waals surface area contributed by atoms with Crippen molar-refractivity contribution in [2.24, 2.45) is 0 Å². The van der Waals surface area contributed by atoms with Crippen molar-refractivity contribution in [1.82, 2.24) is 25.4 Å². The Bertz CT molecular complexity index is 1320. The van der Waals surface area contributed by atoms with E-state index in [1.807, 2.05) is 36.4 Å². The van der Waals surface area contributed by atoms with Crippen LogP contribution in [0.4, 0.5) is 11.6 Å². The third-order valence-electron chi connectivity index (χ3n) is 4.21. The fraction of sp³-hybridized carbons (Fsp3) is 0. The first-order chi connectivity index (χ1) is 13.3. The average molecular weight is 358 g/mol. The third kappa shape index (κ3) is 2.78. The molecule has 27 heavy (non-hydrogen) atoms. The molecule has 8 heteroatoms. The number of benzene rings is 2. The Morgan fingerprint density at radius 2 is 1.81 bits per heavy atom. The Morgan fingerprint density at radius 1 is 0.889 bits per heavy atom. The number of hydrogen-bond acceptors (Lipinski definition) is 5. The van der Waals surface area contributed by atoms with Crippen molar-refractivity contribution in [3.63, 3.8) is 0 Å². The SMILES string of the molecule is O=c1[nH][nH]c2cc(Oc3cccc(Nc4n[nH]c5ccccc45)n3)ccc12. The highest BCUT2D eigenvalue weighted by Gasteiger charge is 2.08. The Labute approximate surface area is 152 Å². The molecular weight excluding hydrogens is 344 g/mol. The highest BCUT2D eigenvalue weighted by atomic mass is 16.5. The van der Waals surface area contributed by atoms with E-state index in [1.165, 1.54) is 0 Å². The van der Waals surface area contributed by atoms with Gasteiger partial charge in [-0.25, -0.2) is 0 Å². The van der Waals surface area contributed by atoms with Crippen molar-refractivity contribution in [1.29, 1.82) is 0 Å². The number of nitrogens with one attached hydrogen (secondary N) is 4. The van der Waals surface area contributed by atoms with E-state index in [1.54, 1.807) is 24.3 Å². The maximum absolute atomic E-state index is 11.6. The van der Waals surface area contributed by atoms with Gasteiger partial charge in [-0.1, -0.05) is 18.2 Å². The minimum Gasteiger partial charge on any atom is -0.439 e. The molecule has 132 valence electrons. The predicted molar refractivity (Wildman–Crippen MR) is 103 cm³/mol. The summed E-state index contributed by atoms with van der Waals surface area (Å²) in [5, 5.41) is 17.4. The largest absolute Gasteiger partial charge is 0.439 e. The number of H-pyrrole nitrogens is 3. The summed E-state index contributed by atoms with van der Waals surface area (Å²) in [4.78, 5) is 16.0. The van der Waals surface area contributed by atoms with E-state index < -0.39 is 0 Å². The second-order valence-electron chi connectivity index (χ2n) is 5.99. The van der Waals surface area contributed by atoms with Gasteiger partial charge in [-0.2, -0.15) is 10.1 Å². The Morgan fingerprint density at radius 3 is 2.78 bits per heavy atom. The molecule has 0 saturated heterocycles. The van der Waals surface area contributed by atoms with E-state index in [9.17, 15) is 4.79 Å². The number of nitrogens with zero attached hydrogens (tertiary/aromatic N) is 2. The minimum atomic E-state index is -0.160. The molecule has 0 bridgehead atoms. The fourth-order valence-corrected chi connectivity index (χ4v) is 2.92. The molecule has 0 aliphatic carbocycles. The number of para-hydroxylation sites is 1. The summed E-state index contributed by atoms with van der Waals surface area (Å²) < 4.78 is 5.83. The molecule has 5 rings (SSSR count). The van der Waals surface area contributed by atoms with Crippen LogP contribution < -0.4 is 15.6 Å². The zero-order valence-electron chi connectivity index (χ0n) is 14.0. The lowest BCUT2D eigenvalue weighted by Gasteiger charge is -2.07. The number of anilines is 2. The van der Waals surface area contributed by atoms with Gasteiger partial charge in [0.15, 0.2) is 5.82 Å². The summed E-state index contributed by atoms with van der Waals surface area (Å²) in [6.45, 7) is 0. The van der Waals surface area contributed by atoms with Crippen LogP contribution in [-0.4, -0.2) is 25.4 Å². The van der Waals surface area contributed by atoms with E-state index >= 15 is 0 Å². The van der Waals surface area contributed by atoms with Crippen LogP contribution in [0.15, 0.2) is 65.5 Å². The molecule has 0 atom stereocenters. The van der Waals surface area contributed by atoms with Crippen LogP contribution >= 0.6 is 0 Å². The average Bonchev–Trinajstić information content (AvgIpc) is 3.26. The zero-order chi connectivity index (χ0) is 18.2. The first-order valence-corrected chi connectivity index (χ1v) is 8.32. The first kappa shape index (κ1) is 15.2. The molecule has 0 spiro atoms. The quantitative estimate of drug-likeness (QED) is 0.392. The van der Waals surface area contributed by atoms with E-state index in [-0.39, 0.29) is 5.56 Å². The molecule has 0 saturated carbocycles. The fourth-order valence-electron chi connectivity index (χ4n) is 2.92. The van der Waals surface area contributed by atoms with Gasteiger partial charge in [0.1, 0.15) is 11.6 Å². The zero-order valence-corrected chi connectivity index (χ0v) is 14.0. The van der Waals surface area contributed by atoms with Gasteiger partial charge >= 0.3 is 0 Å². The van der Waals surface area contributed by atoms with Crippen molar-refractivity contribution in [2.45, 2.75) is 0 Å². The Kier molecular flexibility index (Phi) is 3.39. The van der Waals surface area contributed by atoms with E-state index in [4.69, 9.17) is 4.74 Å². The van der Waals surface area contributed by atoms with E-state index in [0.717, 1.165) is 10.9 Å². The van der Waals surface area contributed by atoms with Gasteiger partial charge < -0.3 is 10.1 Å². The summed E-state index contributed by atoms with van der Waals surface area (Å²) in [7, 11) is 0. The van der Waals surface area contributed by atoms with Crippen molar-refractivity contribution < 1.29 is 4.74 Å². The molecule has 0 unspecified atom stereocenters. The van der Waals surface area contributed by atoms with Crippen LogP contribution in [0.5, 0.6) is 11.6 Å². The summed E-state index contributed by atoms with van der Waals surface area (Å²) in [6, 6.07) is 18.5. The highest BCUT2D eigenvalue weighted by Crippen LogP contribution is 2.26. The molecule has 3 heterocycles. The lowest BCUT2D eigenvalue weighted by molar-refractivity contribution is 0.464. The number of hydrogen-bond donors (Lipinski definition) is 4. The van der Waals surface area contributed by atoms with Crippen LogP contribution in [0, 0.1) is 0 Å². The molecule has 5 aromatic rings. The molecule has 0 fully saturated rings. The first-order valence-electron chi connectivity index (χ1n) is 8.32. The van der Waals surface area contributed by atoms with Crippen molar-refractivity contribution in [2.75, 3.05) is 5.32 Å². The third-order valence-corrected chi connectivity index (χ3v) is 4.21. The lowest BCUT2D eigenvalue weighted by Crippen LogP contribution is -1.97. The van der Waals surface area contributed by atoms with Gasteiger partial charge in [0.2, 0.25) is 5.88 Å². The number of fused-ring (bicyclic) bond motifs is 2. The van der Waals surface area contributed by atoms with E-state index in [2.05, 4.69) is 30.7 Å². The molecule has 2 aromatic carbocycles. The highest BCUT2D eigenvalue weighted by molar-refractivity contribution is 5.91. The van der Waals surface area contributed by atoms with Gasteiger partial charge in [0.25, 0.3) is 5.56 Å². The number of rotatable bonds is 4. The normalized spacial score (nSPS) is 11.1. The molecule has 8 nitrogen and oxygen atoms in total. The smallest absolute Gasteiger partial charge is 0.271 e. The number of pyridine rings is 1. The lowest BCUT2D eigenvalue weighted by atomic mass is 10.2. The van der Waals surface area contributed by atoms with Crippen LogP contribution in [-0.2, 0) is 0 Å². The molecule has 0 amide bonds. The molecule has 3 aromatic heterocycles. The van der Waals surface area contributed by atoms with Crippen LogP contribution in [0.25, 0.3) is 21.8 Å². The predicted octanol–water partition coefficient (Wildman–Crippen LogP) is 3.66. The second kappa shape index (κ2) is 6.03. The number of aromatic nitrogens is 5. The number of ether oxygens (including phenoxy) is 1. The monoisotopic (exact) mass is 358 g/mol. The van der Waals surface area contributed by atoms with E-state index in [0.29, 0.717) is 34.2 Å². The van der Waals surface area contributed by atoms with Gasteiger partial charge in [-0.05, 0) is 30.3 Å². The van der Waals surface area contributed by atoms with Crippen LogP contribution in [0.1, 0.15) is 0 Å². The summed E-state index contributed by atoms with van der Waals surface area (Å²) in [6.07, 6.45) is 0. The molecular formula is C19H14N6O2. The van der Waals surface area contributed by atoms with Gasteiger partial charge in [-0.3, -0.25) is 20.1 Å². The summed E-state index contributed by atoms with van der Waals surface area (Å²) in [5.41, 5.74) is 1.46. The summed E-state index contributed by atoms with van der Waals surface area (Å²) in [5.74, 6) is 2.31. The van der Waals surface area contributed by atoms with Crippen molar-refractivity contribution in [3.8, 4) is 11.6 Å². The second-order valence-corrected chi connectivity index (χ2v) is 5.99. The number of aromatic amines is 3. The standard InChI is InChI=1S/C19H14N6O2/c26-19-13-9-8-11(10-15(13)23-25-19)27-17-7-3-6-16(20-17)21-18-12-4-1-2-5-14(12)22-24-18/h1-10H,(H2,23,25,26)(H2,20,21,22,24). The molecule has 4 N–H and O–H groups in total. The topological polar surface area (TPSA) is 111 Å². The van der Waals surface area contributed by atoms with Crippen LogP contribution in [0.2, 0.25) is 0 Å². The van der Waals surface area contributed by atoms with Crippen molar-refractivity contribution >= 4 is 33.4 Å². The summed E-state index contributed by atoms with van der Waals surface area (Å²) >= 11 is 0. The molecule has 0 radical (unpaired) electrons. The van der Waals surface area contributed by atoms with Crippen LogP contribution in [0.3, 0.4) is 0 Å².